The topological polar surface area (TPSA) is 80.3 Å². The first-order chi connectivity index (χ1) is 15.6. The third-order valence-electron chi connectivity index (χ3n) is 5.64. The lowest BCUT2D eigenvalue weighted by atomic mass is 10.1. The van der Waals surface area contributed by atoms with Crippen molar-refractivity contribution in [2.24, 2.45) is 5.92 Å². The van der Waals surface area contributed by atoms with Crippen LogP contribution in [0.1, 0.15) is 30.2 Å². The van der Waals surface area contributed by atoms with Crippen LogP contribution in [0, 0.1) is 5.92 Å². The third kappa shape index (κ3) is 3.84. The van der Waals surface area contributed by atoms with Gasteiger partial charge in [0.15, 0.2) is 11.4 Å². The van der Waals surface area contributed by atoms with E-state index in [2.05, 4.69) is 23.8 Å². The van der Waals surface area contributed by atoms with Crippen LogP contribution in [-0.2, 0) is 6.42 Å². The number of carbonyl (C=O) groups excluding carboxylic acids is 1. The molecule has 0 atom stereocenters. The molecule has 4 heterocycles. The van der Waals surface area contributed by atoms with Gasteiger partial charge in [-0.05, 0) is 30.2 Å². The van der Waals surface area contributed by atoms with Crippen molar-refractivity contribution in [3.05, 3.63) is 66.5 Å². The van der Waals surface area contributed by atoms with E-state index < -0.39 is 0 Å². The minimum atomic E-state index is -0.0696. The zero-order valence-corrected chi connectivity index (χ0v) is 18.3. The SMILES string of the molecule is CC(C)Cc1nc(N2CCN(C(=O)c3ccco3)CC2)c2cnn(-c3ccccc3)c2n1. The summed E-state index contributed by atoms with van der Waals surface area (Å²) in [5.41, 5.74) is 1.78. The lowest BCUT2D eigenvalue weighted by Gasteiger charge is -2.35. The zero-order chi connectivity index (χ0) is 22.1. The van der Waals surface area contributed by atoms with Gasteiger partial charge in [-0.25, -0.2) is 14.6 Å². The Kier molecular flexibility index (Phi) is 5.34. The maximum absolute atomic E-state index is 12.6. The third-order valence-corrected chi connectivity index (χ3v) is 5.64. The van der Waals surface area contributed by atoms with Gasteiger partial charge in [0.1, 0.15) is 11.6 Å². The van der Waals surface area contributed by atoms with E-state index in [1.165, 1.54) is 6.26 Å². The number of carbonyl (C=O) groups is 1. The molecule has 1 aliphatic rings. The summed E-state index contributed by atoms with van der Waals surface area (Å²) < 4.78 is 7.15. The number of fused-ring (bicyclic) bond motifs is 1. The summed E-state index contributed by atoms with van der Waals surface area (Å²) in [7, 11) is 0. The summed E-state index contributed by atoms with van der Waals surface area (Å²) in [5, 5.41) is 5.55. The predicted molar refractivity (Wildman–Crippen MR) is 122 cm³/mol. The fraction of sp³-hybridized carbons (Fsp3) is 0.333. The van der Waals surface area contributed by atoms with Crippen molar-refractivity contribution in [2.75, 3.05) is 31.1 Å². The van der Waals surface area contributed by atoms with E-state index >= 15 is 0 Å². The fourth-order valence-corrected chi connectivity index (χ4v) is 4.07. The van der Waals surface area contributed by atoms with Crippen LogP contribution in [0.5, 0.6) is 0 Å². The first kappa shape index (κ1) is 20.2. The molecule has 1 aliphatic heterocycles. The number of rotatable bonds is 5. The molecule has 164 valence electrons. The maximum Gasteiger partial charge on any atom is 0.289 e. The van der Waals surface area contributed by atoms with Crippen molar-refractivity contribution in [1.82, 2.24) is 24.6 Å². The second kappa shape index (κ2) is 8.45. The summed E-state index contributed by atoms with van der Waals surface area (Å²) >= 11 is 0. The molecule has 5 rings (SSSR count). The average Bonchev–Trinajstić information content (AvgIpc) is 3.49. The van der Waals surface area contributed by atoms with Crippen molar-refractivity contribution < 1.29 is 9.21 Å². The van der Waals surface area contributed by atoms with Crippen LogP contribution in [0.2, 0.25) is 0 Å². The van der Waals surface area contributed by atoms with E-state index in [1.54, 1.807) is 12.1 Å². The lowest BCUT2D eigenvalue weighted by Crippen LogP contribution is -2.49. The summed E-state index contributed by atoms with van der Waals surface area (Å²) in [6.07, 6.45) is 4.17. The number of furan rings is 1. The van der Waals surface area contributed by atoms with Gasteiger partial charge < -0.3 is 14.2 Å². The van der Waals surface area contributed by atoms with Gasteiger partial charge in [0.25, 0.3) is 5.91 Å². The standard InChI is InChI=1S/C24H26N6O2/c1-17(2)15-21-26-22(19-16-25-30(23(19)27-21)18-7-4-3-5-8-18)28-10-12-29(13-11-28)24(31)20-9-6-14-32-20/h3-9,14,16-17H,10-13,15H2,1-2H3. The summed E-state index contributed by atoms with van der Waals surface area (Å²) in [4.78, 5) is 26.5. The molecule has 1 saturated heterocycles. The van der Waals surface area contributed by atoms with Crippen LogP contribution < -0.4 is 4.90 Å². The van der Waals surface area contributed by atoms with Gasteiger partial charge in [-0.2, -0.15) is 5.10 Å². The molecule has 8 heteroatoms. The van der Waals surface area contributed by atoms with Crippen molar-refractivity contribution in [2.45, 2.75) is 20.3 Å². The molecular weight excluding hydrogens is 404 g/mol. The first-order valence-electron chi connectivity index (χ1n) is 11.0. The monoisotopic (exact) mass is 430 g/mol. The Hall–Kier alpha value is -3.68. The molecule has 3 aromatic heterocycles. The summed E-state index contributed by atoms with van der Waals surface area (Å²) in [5.74, 6) is 2.45. The molecule has 0 radical (unpaired) electrons. The first-order valence-corrected chi connectivity index (χ1v) is 11.0. The normalized spacial score (nSPS) is 14.5. The number of benzene rings is 1. The van der Waals surface area contributed by atoms with Crippen molar-refractivity contribution in [3.8, 4) is 5.69 Å². The smallest absolute Gasteiger partial charge is 0.289 e. The number of anilines is 1. The number of hydrogen-bond donors (Lipinski definition) is 0. The average molecular weight is 431 g/mol. The number of piperazine rings is 1. The quantitative estimate of drug-likeness (QED) is 0.482. The molecule has 32 heavy (non-hydrogen) atoms. The molecule has 0 unspecified atom stereocenters. The molecule has 0 bridgehead atoms. The van der Waals surface area contributed by atoms with Crippen LogP contribution in [0.4, 0.5) is 5.82 Å². The summed E-state index contributed by atoms with van der Waals surface area (Å²) in [6.45, 7) is 6.93. The van der Waals surface area contributed by atoms with Crippen LogP contribution >= 0.6 is 0 Å². The van der Waals surface area contributed by atoms with E-state index in [4.69, 9.17) is 14.4 Å². The molecular formula is C24H26N6O2. The number of para-hydroxylation sites is 1. The van der Waals surface area contributed by atoms with Crippen molar-refractivity contribution >= 4 is 22.8 Å². The van der Waals surface area contributed by atoms with Gasteiger partial charge in [0, 0.05) is 32.6 Å². The number of amides is 1. The van der Waals surface area contributed by atoms with Gasteiger partial charge in [-0.1, -0.05) is 32.0 Å². The molecule has 1 amide bonds. The number of aromatic nitrogens is 4. The molecule has 4 aromatic rings. The molecule has 0 aliphatic carbocycles. The highest BCUT2D eigenvalue weighted by Crippen LogP contribution is 2.27. The minimum absolute atomic E-state index is 0.0696. The van der Waals surface area contributed by atoms with Crippen molar-refractivity contribution in [3.63, 3.8) is 0 Å². The Labute approximate surface area is 186 Å². The Bertz CT molecular complexity index is 1210. The molecule has 1 fully saturated rings. The zero-order valence-electron chi connectivity index (χ0n) is 18.3. The molecule has 0 N–H and O–H groups in total. The Balaban J connectivity index is 1.47. The van der Waals surface area contributed by atoms with Crippen LogP contribution in [-0.4, -0.2) is 56.7 Å². The minimum Gasteiger partial charge on any atom is -0.459 e. The van der Waals surface area contributed by atoms with Gasteiger partial charge >= 0.3 is 0 Å². The van der Waals surface area contributed by atoms with E-state index in [0.717, 1.165) is 34.8 Å². The van der Waals surface area contributed by atoms with Crippen molar-refractivity contribution in [1.29, 1.82) is 0 Å². The molecule has 0 saturated carbocycles. The predicted octanol–water partition coefficient (Wildman–Crippen LogP) is 3.57. The van der Waals surface area contributed by atoms with Crippen LogP contribution in [0.25, 0.3) is 16.7 Å². The Morgan fingerprint density at radius 2 is 1.81 bits per heavy atom. The lowest BCUT2D eigenvalue weighted by molar-refractivity contribution is 0.0714. The fourth-order valence-electron chi connectivity index (χ4n) is 4.07. The van der Waals surface area contributed by atoms with E-state index in [1.807, 2.05) is 46.1 Å². The van der Waals surface area contributed by atoms with Gasteiger partial charge in [-0.15, -0.1) is 0 Å². The van der Waals surface area contributed by atoms with E-state index in [-0.39, 0.29) is 5.91 Å². The van der Waals surface area contributed by atoms with Crippen LogP contribution in [0.15, 0.2) is 59.3 Å². The van der Waals surface area contributed by atoms with E-state index in [0.29, 0.717) is 37.9 Å². The largest absolute Gasteiger partial charge is 0.459 e. The Morgan fingerprint density at radius 3 is 2.50 bits per heavy atom. The van der Waals surface area contributed by atoms with Crippen LogP contribution in [0.3, 0.4) is 0 Å². The highest BCUT2D eigenvalue weighted by atomic mass is 16.3. The molecule has 1 aromatic carbocycles. The van der Waals surface area contributed by atoms with Gasteiger partial charge in [0.05, 0.1) is 23.5 Å². The highest BCUT2D eigenvalue weighted by molar-refractivity contribution is 5.92. The molecule has 0 spiro atoms. The van der Waals surface area contributed by atoms with Gasteiger partial charge in [-0.3, -0.25) is 4.79 Å². The Morgan fingerprint density at radius 1 is 1.03 bits per heavy atom. The highest BCUT2D eigenvalue weighted by Gasteiger charge is 2.26. The number of hydrogen-bond acceptors (Lipinski definition) is 6. The number of nitrogens with zero attached hydrogens (tertiary/aromatic N) is 6. The van der Waals surface area contributed by atoms with E-state index in [9.17, 15) is 4.79 Å². The summed E-state index contributed by atoms with van der Waals surface area (Å²) in [6, 6.07) is 13.5. The maximum atomic E-state index is 12.6. The molecule has 8 nitrogen and oxygen atoms in total. The second-order valence-corrected chi connectivity index (χ2v) is 8.45. The van der Waals surface area contributed by atoms with Gasteiger partial charge in [0.2, 0.25) is 0 Å². The second-order valence-electron chi connectivity index (χ2n) is 8.45.